The number of ether oxygens (including phenoxy) is 1. The second-order valence-corrected chi connectivity index (χ2v) is 7.36. The number of nitrogens with one attached hydrogen (secondary N) is 1. The predicted octanol–water partition coefficient (Wildman–Crippen LogP) is 4.38. The second kappa shape index (κ2) is 9.82. The molecule has 0 aliphatic carbocycles. The third kappa shape index (κ3) is 4.79. The maximum atomic E-state index is 8.87. The number of aliphatic hydroxyl groups is 1. The monoisotopic (exact) mass is 418 g/mol. The van der Waals surface area contributed by atoms with E-state index in [9.17, 15) is 0 Å². The number of aromatic nitrogens is 2. The molecule has 3 rings (SSSR count). The summed E-state index contributed by atoms with van der Waals surface area (Å²) in [5, 5.41) is 10.3. The highest BCUT2D eigenvalue weighted by Gasteiger charge is 2.10. The van der Waals surface area contributed by atoms with Crippen LogP contribution in [-0.4, -0.2) is 33.6 Å². The number of anilines is 1. The number of hydrogen-bond acceptors (Lipinski definition) is 6. The summed E-state index contributed by atoms with van der Waals surface area (Å²) in [5.41, 5.74) is 2.50. The number of halogens is 1. The van der Waals surface area contributed by atoms with E-state index in [2.05, 4.69) is 14.7 Å². The van der Waals surface area contributed by atoms with Gasteiger partial charge in [-0.15, -0.1) is 0 Å². The first-order chi connectivity index (χ1) is 13.6. The van der Waals surface area contributed by atoms with Crippen molar-refractivity contribution >= 4 is 40.1 Å². The fourth-order valence-electron chi connectivity index (χ4n) is 2.67. The van der Waals surface area contributed by atoms with Gasteiger partial charge in [-0.1, -0.05) is 29.6 Å². The van der Waals surface area contributed by atoms with E-state index in [0.29, 0.717) is 23.1 Å². The standard InChI is InChI=1S/C20H23ClN4O2S/c1-3-22-20-15-12-14(8-9-16(15)23-13-25(20)2)27-18-7-4-6-17(19(18)21)24-28-11-5-10-26/h4,6-9,12-13,24,26H,3,5,10-11H2,1-2H3. The van der Waals surface area contributed by atoms with Crippen LogP contribution in [0.3, 0.4) is 0 Å². The van der Waals surface area contributed by atoms with Gasteiger partial charge in [0.2, 0.25) is 0 Å². The molecule has 0 aliphatic heterocycles. The number of nitrogens with zero attached hydrogens (tertiary/aromatic N) is 3. The normalized spacial score (nSPS) is 11.8. The lowest BCUT2D eigenvalue weighted by atomic mass is 10.2. The summed E-state index contributed by atoms with van der Waals surface area (Å²) in [7, 11) is 1.93. The summed E-state index contributed by atoms with van der Waals surface area (Å²) in [6.45, 7) is 2.86. The Hall–Kier alpha value is -2.22. The molecule has 0 saturated heterocycles. The third-order valence-electron chi connectivity index (χ3n) is 4.00. The Morgan fingerprint density at radius 2 is 2.18 bits per heavy atom. The third-order valence-corrected chi connectivity index (χ3v) is 5.25. The molecule has 0 unspecified atom stereocenters. The van der Waals surface area contributed by atoms with Gasteiger partial charge in [0.05, 0.1) is 17.5 Å². The molecule has 2 aromatic carbocycles. The minimum Gasteiger partial charge on any atom is -0.456 e. The second-order valence-electron chi connectivity index (χ2n) is 6.08. The van der Waals surface area contributed by atoms with Crippen LogP contribution in [0.15, 0.2) is 47.7 Å². The Kier molecular flexibility index (Phi) is 7.19. The maximum Gasteiger partial charge on any atom is 0.148 e. The Morgan fingerprint density at radius 3 is 2.96 bits per heavy atom. The molecule has 0 spiro atoms. The lowest BCUT2D eigenvalue weighted by Crippen LogP contribution is -2.19. The molecule has 0 bridgehead atoms. The number of benzene rings is 2. The van der Waals surface area contributed by atoms with E-state index in [4.69, 9.17) is 21.4 Å². The molecule has 1 aromatic heterocycles. The average molecular weight is 419 g/mol. The van der Waals surface area contributed by atoms with Crippen molar-refractivity contribution in [1.82, 2.24) is 9.55 Å². The van der Waals surface area contributed by atoms with Gasteiger partial charge in [0.1, 0.15) is 22.0 Å². The fourth-order valence-corrected chi connectivity index (χ4v) is 3.64. The van der Waals surface area contributed by atoms with Crippen LogP contribution in [0.4, 0.5) is 5.69 Å². The number of hydrogen-bond donors (Lipinski definition) is 2. The Balaban J connectivity index is 1.88. The van der Waals surface area contributed by atoms with Crippen molar-refractivity contribution in [3.8, 4) is 11.5 Å². The molecule has 0 saturated carbocycles. The molecule has 0 amide bonds. The SMILES string of the molecule is CCN=c1c2cc(Oc3cccc(NSCCCO)c3Cl)ccc2ncn1C. The molecule has 0 radical (unpaired) electrons. The average Bonchev–Trinajstić information content (AvgIpc) is 2.70. The molecule has 0 aliphatic rings. The lowest BCUT2D eigenvalue weighted by molar-refractivity contribution is 0.296. The van der Waals surface area contributed by atoms with Gasteiger partial charge in [0, 0.05) is 31.3 Å². The highest BCUT2D eigenvalue weighted by molar-refractivity contribution is 8.00. The topological polar surface area (TPSA) is 71.7 Å². The van der Waals surface area contributed by atoms with E-state index >= 15 is 0 Å². The zero-order valence-electron chi connectivity index (χ0n) is 15.9. The van der Waals surface area contributed by atoms with Crippen molar-refractivity contribution in [2.24, 2.45) is 12.0 Å². The van der Waals surface area contributed by atoms with Gasteiger partial charge in [-0.2, -0.15) is 0 Å². The van der Waals surface area contributed by atoms with Gasteiger partial charge in [-0.3, -0.25) is 4.99 Å². The molecule has 1 heterocycles. The van der Waals surface area contributed by atoms with Gasteiger partial charge >= 0.3 is 0 Å². The molecular formula is C20H23ClN4O2S. The van der Waals surface area contributed by atoms with E-state index in [0.717, 1.165) is 34.3 Å². The lowest BCUT2D eigenvalue weighted by Gasteiger charge is -2.13. The van der Waals surface area contributed by atoms with Crippen LogP contribution in [0.25, 0.3) is 10.9 Å². The first kappa shape index (κ1) is 20.5. The quantitative estimate of drug-likeness (QED) is 0.419. The van der Waals surface area contributed by atoms with Crippen LogP contribution in [0.2, 0.25) is 5.02 Å². The summed E-state index contributed by atoms with van der Waals surface area (Å²) in [6, 6.07) is 11.3. The van der Waals surface area contributed by atoms with Crippen molar-refractivity contribution in [2.45, 2.75) is 13.3 Å². The summed E-state index contributed by atoms with van der Waals surface area (Å²) in [4.78, 5) is 9.02. The first-order valence-corrected chi connectivity index (χ1v) is 10.4. The summed E-state index contributed by atoms with van der Waals surface area (Å²) < 4.78 is 11.2. The van der Waals surface area contributed by atoms with Crippen LogP contribution in [0.1, 0.15) is 13.3 Å². The number of fused-ring (bicyclic) bond motifs is 1. The van der Waals surface area contributed by atoms with Gasteiger partial charge in [0.25, 0.3) is 0 Å². The van der Waals surface area contributed by atoms with E-state index in [-0.39, 0.29) is 6.61 Å². The van der Waals surface area contributed by atoms with Gasteiger partial charge in [-0.05, 0) is 43.7 Å². The molecule has 8 heteroatoms. The minimum atomic E-state index is 0.173. The summed E-state index contributed by atoms with van der Waals surface area (Å²) >= 11 is 8.01. The van der Waals surface area contributed by atoms with Crippen molar-refractivity contribution < 1.29 is 9.84 Å². The largest absolute Gasteiger partial charge is 0.456 e. The zero-order valence-corrected chi connectivity index (χ0v) is 17.4. The highest BCUT2D eigenvalue weighted by atomic mass is 35.5. The molecule has 6 nitrogen and oxygen atoms in total. The van der Waals surface area contributed by atoms with Crippen molar-refractivity contribution in [2.75, 3.05) is 23.6 Å². The first-order valence-electron chi connectivity index (χ1n) is 9.05. The molecule has 3 aromatic rings. The van der Waals surface area contributed by atoms with Crippen LogP contribution in [0, 0.1) is 0 Å². The summed E-state index contributed by atoms with van der Waals surface area (Å²) in [6.07, 6.45) is 2.48. The van der Waals surface area contributed by atoms with Crippen LogP contribution in [0.5, 0.6) is 11.5 Å². The Labute approximate surface area is 173 Å². The maximum absolute atomic E-state index is 8.87. The van der Waals surface area contributed by atoms with E-state index in [1.54, 1.807) is 6.33 Å². The molecule has 0 fully saturated rings. The number of aryl methyl sites for hydroxylation is 1. The summed E-state index contributed by atoms with van der Waals surface area (Å²) in [5.74, 6) is 2.02. The van der Waals surface area contributed by atoms with E-state index < -0.39 is 0 Å². The molecule has 28 heavy (non-hydrogen) atoms. The van der Waals surface area contributed by atoms with Gasteiger partial charge in [-0.25, -0.2) is 4.98 Å². The smallest absolute Gasteiger partial charge is 0.148 e. The van der Waals surface area contributed by atoms with Crippen LogP contribution < -0.4 is 14.9 Å². The highest BCUT2D eigenvalue weighted by Crippen LogP contribution is 2.36. The minimum absolute atomic E-state index is 0.173. The van der Waals surface area contributed by atoms with Crippen LogP contribution >= 0.6 is 23.5 Å². The van der Waals surface area contributed by atoms with Gasteiger partial charge in [0.15, 0.2) is 0 Å². The number of rotatable bonds is 8. The van der Waals surface area contributed by atoms with Crippen molar-refractivity contribution in [1.29, 1.82) is 0 Å². The Bertz CT molecular complexity index is 1020. The van der Waals surface area contributed by atoms with Crippen molar-refractivity contribution in [3.63, 3.8) is 0 Å². The van der Waals surface area contributed by atoms with Crippen molar-refractivity contribution in [3.05, 3.63) is 53.2 Å². The Morgan fingerprint density at radius 1 is 1.32 bits per heavy atom. The molecular weight excluding hydrogens is 396 g/mol. The van der Waals surface area contributed by atoms with Crippen LogP contribution in [-0.2, 0) is 7.05 Å². The van der Waals surface area contributed by atoms with Gasteiger partial charge < -0.3 is 19.1 Å². The van der Waals surface area contributed by atoms with E-state index in [1.165, 1.54) is 11.9 Å². The fraction of sp³-hybridized carbons (Fsp3) is 0.300. The van der Waals surface area contributed by atoms with E-state index in [1.807, 2.05) is 54.9 Å². The zero-order chi connectivity index (χ0) is 19.9. The predicted molar refractivity (Wildman–Crippen MR) is 116 cm³/mol. The molecule has 0 atom stereocenters. The molecule has 148 valence electrons. The molecule has 2 N–H and O–H groups in total. The number of aliphatic hydroxyl groups excluding tert-OH is 1.